The first kappa shape index (κ1) is 10.7. The molecule has 2 fully saturated rings. The Morgan fingerprint density at radius 3 is 2.43 bits per heavy atom. The van der Waals surface area contributed by atoms with E-state index >= 15 is 0 Å². The SMILES string of the molecule is CC1(C)[C@@H]2CC[C@@]1(C)[C@@H](C(=O)NI)C2. The highest BCUT2D eigenvalue weighted by atomic mass is 127. The minimum atomic E-state index is 0.229. The standard InChI is InChI=1S/C11H18INO/c1-10(2)7-4-5-11(10,3)8(6-7)9(14)13-12/h7-8H,4-6H2,1-3H3,(H,13,14)/t7-,8-,11+/m1/s1. The molecule has 2 saturated carbocycles. The number of halogens is 1. The quantitative estimate of drug-likeness (QED) is 0.586. The zero-order chi connectivity index (χ0) is 10.6. The van der Waals surface area contributed by atoms with Crippen molar-refractivity contribution in [3.63, 3.8) is 0 Å². The van der Waals surface area contributed by atoms with Crippen molar-refractivity contribution < 1.29 is 4.79 Å². The van der Waals surface area contributed by atoms with Crippen LogP contribution in [0.15, 0.2) is 0 Å². The van der Waals surface area contributed by atoms with E-state index < -0.39 is 0 Å². The van der Waals surface area contributed by atoms with E-state index in [0.717, 1.165) is 12.3 Å². The van der Waals surface area contributed by atoms with Crippen LogP contribution >= 0.6 is 22.9 Å². The largest absolute Gasteiger partial charge is 0.299 e. The highest BCUT2D eigenvalue weighted by Gasteiger charge is 2.63. The van der Waals surface area contributed by atoms with Crippen molar-refractivity contribution in [3.8, 4) is 0 Å². The van der Waals surface area contributed by atoms with Gasteiger partial charge in [0, 0.05) is 5.92 Å². The monoisotopic (exact) mass is 307 g/mol. The summed E-state index contributed by atoms with van der Waals surface area (Å²) in [4.78, 5) is 11.8. The van der Waals surface area contributed by atoms with E-state index in [1.165, 1.54) is 12.8 Å². The van der Waals surface area contributed by atoms with Crippen molar-refractivity contribution in [2.24, 2.45) is 22.7 Å². The van der Waals surface area contributed by atoms with Crippen LogP contribution in [-0.2, 0) is 4.79 Å². The van der Waals surface area contributed by atoms with Gasteiger partial charge in [0.1, 0.15) is 0 Å². The molecule has 1 amide bonds. The summed E-state index contributed by atoms with van der Waals surface area (Å²) in [5.41, 5.74) is 0.577. The fourth-order valence-corrected chi connectivity index (χ4v) is 4.04. The molecule has 0 aromatic rings. The Morgan fingerprint density at radius 1 is 1.43 bits per heavy atom. The summed E-state index contributed by atoms with van der Waals surface area (Å²) in [5, 5.41) is 0. The van der Waals surface area contributed by atoms with Gasteiger partial charge in [-0.3, -0.25) is 8.32 Å². The van der Waals surface area contributed by atoms with Crippen molar-refractivity contribution in [2.45, 2.75) is 40.0 Å². The lowest BCUT2D eigenvalue weighted by Gasteiger charge is -2.38. The fraction of sp³-hybridized carbons (Fsp3) is 0.909. The Kier molecular flexibility index (Phi) is 2.37. The second kappa shape index (κ2) is 3.09. The van der Waals surface area contributed by atoms with Crippen LogP contribution in [0.1, 0.15) is 40.0 Å². The molecule has 1 N–H and O–H groups in total. The average molecular weight is 307 g/mol. The van der Waals surface area contributed by atoms with Gasteiger partial charge in [0.15, 0.2) is 0 Å². The normalized spacial score (nSPS) is 44.0. The maximum Gasteiger partial charge on any atom is 0.232 e. The smallest absolute Gasteiger partial charge is 0.232 e. The summed E-state index contributed by atoms with van der Waals surface area (Å²) in [5.74, 6) is 1.24. The molecular weight excluding hydrogens is 289 g/mol. The van der Waals surface area contributed by atoms with Crippen molar-refractivity contribution >= 4 is 28.8 Å². The molecule has 0 aliphatic heterocycles. The van der Waals surface area contributed by atoms with Gasteiger partial charge in [0.25, 0.3) is 0 Å². The molecule has 2 aliphatic rings. The van der Waals surface area contributed by atoms with Gasteiger partial charge < -0.3 is 0 Å². The summed E-state index contributed by atoms with van der Waals surface area (Å²) in [6.07, 6.45) is 3.63. The molecule has 0 spiro atoms. The summed E-state index contributed by atoms with van der Waals surface area (Å²) in [6, 6.07) is 0. The molecule has 0 unspecified atom stereocenters. The zero-order valence-electron chi connectivity index (χ0n) is 9.06. The number of amides is 1. The lowest BCUT2D eigenvalue weighted by molar-refractivity contribution is -0.127. The van der Waals surface area contributed by atoms with E-state index in [4.69, 9.17) is 0 Å². The predicted octanol–water partition coefficient (Wildman–Crippen LogP) is 2.92. The molecule has 2 nitrogen and oxygen atoms in total. The van der Waals surface area contributed by atoms with Gasteiger partial charge in [-0.05, 0) is 36.0 Å². The van der Waals surface area contributed by atoms with E-state index in [-0.39, 0.29) is 17.2 Å². The Balaban J connectivity index is 2.31. The second-order valence-electron chi connectivity index (χ2n) is 5.62. The molecule has 2 aliphatic carbocycles. The van der Waals surface area contributed by atoms with Gasteiger partial charge in [-0.25, -0.2) is 0 Å². The molecule has 3 atom stereocenters. The second-order valence-corrected chi connectivity index (χ2v) is 6.16. The Hall–Kier alpha value is 0.200. The van der Waals surface area contributed by atoms with E-state index in [0.29, 0.717) is 5.41 Å². The number of hydrogen-bond acceptors (Lipinski definition) is 1. The maximum absolute atomic E-state index is 11.8. The fourth-order valence-electron chi connectivity index (χ4n) is 3.67. The van der Waals surface area contributed by atoms with Crippen LogP contribution in [0.5, 0.6) is 0 Å². The number of carbonyl (C=O) groups excluding carboxylic acids is 1. The number of carbonyl (C=O) groups is 1. The molecule has 2 rings (SSSR count). The summed E-state index contributed by atoms with van der Waals surface area (Å²) < 4.78 is 2.79. The number of rotatable bonds is 1. The van der Waals surface area contributed by atoms with E-state index in [1.54, 1.807) is 0 Å². The van der Waals surface area contributed by atoms with Crippen molar-refractivity contribution in [1.82, 2.24) is 3.53 Å². The third-order valence-corrected chi connectivity index (χ3v) is 5.74. The number of hydrogen-bond donors (Lipinski definition) is 1. The highest BCUT2D eigenvalue weighted by molar-refractivity contribution is 14.1. The molecule has 0 saturated heterocycles. The molecule has 80 valence electrons. The predicted molar refractivity (Wildman–Crippen MR) is 64.9 cm³/mol. The van der Waals surface area contributed by atoms with Crippen LogP contribution in [0.2, 0.25) is 0 Å². The first-order valence-corrected chi connectivity index (χ1v) is 6.42. The van der Waals surface area contributed by atoms with Gasteiger partial charge in [-0.15, -0.1) is 0 Å². The number of nitrogens with one attached hydrogen (secondary N) is 1. The summed E-state index contributed by atoms with van der Waals surface area (Å²) in [7, 11) is 0. The van der Waals surface area contributed by atoms with Gasteiger partial charge >= 0.3 is 0 Å². The van der Waals surface area contributed by atoms with E-state index in [9.17, 15) is 4.79 Å². The Morgan fingerprint density at radius 2 is 2.07 bits per heavy atom. The van der Waals surface area contributed by atoms with Gasteiger partial charge in [0.2, 0.25) is 5.91 Å². The minimum absolute atomic E-state index is 0.229. The molecular formula is C11H18INO. The molecule has 2 bridgehead atoms. The van der Waals surface area contributed by atoms with Crippen LogP contribution in [0.25, 0.3) is 0 Å². The van der Waals surface area contributed by atoms with Crippen LogP contribution in [0.3, 0.4) is 0 Å². The molecule has 3 heteroatoms. The molecule has 0 heterocycles. The average Bonchev–Trinajstić information content (AvgIpc) is 2.47. The lowest BCUT2D eigenvalue weighted by Crippen LogP contribution is -2.39. The Bertz CT molecular complexity index is 276. The highest BCUT2D eigenvalue weighted by Crippen LogP contribution is 2.68. The van der Waals surface area contributed by atoms with Crippen molar-refractivity contribution in [3.05, 3.63) is 0 Å². The molecule has 0 radical (unpaired) electrons. The zero-order valence-corrected chi connectivity index (χ0v) is 11.2. The molecule has 0 aromatic carbocycles. The van der Waals surface area contributed by atoms with E-state index in [2.05, 4.69) is 24.3 Å². The maximum atomic E-state index is 11.8. The van der Waals surface area contributed by atoms with E-state index in [1.807, 2.05) is 22.9 Å². The summed E-state index contributed by atoms with van der Waals surface area (Å²) >= 11 is 1.96. The topological polar surface area (TPSA) is 29.1 Å². The number of fused-ring (bicyclic) bond motifs is 2. The molecule has 0 aromatic heterocycles. The molecule has 14 heavy (non-hydrogen) atoms. The van der Waals surface area contributed by atoms with Gasteiger partial charge in [-0.2, -0.15) is 0 Å². The summed E-state index contributed by atoms with van der Waals surface area (Å²) in [6.45, 7) is 6.98. The minimum Gasteiger partial charge on any atom is -0.299 e. The van der Waals surface area contributed by atoms with Crippen LogP contribution in [0, 0.1) is 22.7 Å². The van der Waals surface area contributed by atoms with Crippen LogP contribution in [-0.4, -0.2) is 5.91 Å². The first-order valence-electron chi connectivity index (χ1n) is 5.34. The third-order valence-electron chi connectivity index (χ3n) is 5.20. The van der Waals surface area contributed by atoms with Crippen molar-refractivity contribution in [1.29, 1.82) is 0 Å². The van der Waals surface area contributed by atoms with Gasteiger partial charge in [-0.1, -0.05) is 20.8 Å². The van der Waals surface area contributed by atoms with Gasteiger partial charge in [0.05, 0.1) is 22.9 Å². The Labute approximate surface area is 99.7 Å². The first-order chi connectivity index (χ1) is 6.43. The third kappa shape index (κ3) is 1.11. The van der Waals surface area contributed by atoms with Crippen LogP contribution < -0.4 is 3.53 Å². The lowest BCUT2D eigenvalue weighted by atomic mass is 9.66. The van der Waals surface area contributed by atoms with Crippen LogP contribution in [0.4, 0.5) is 0 Å². The van der Waals surface area contributed by atoms with Crippen molar-refractivity contribution in [2.75, 3.05) is 0 Å².